The lowest BCUT2D eigenvalue weighted by molar-refractivity contribution is -0.113. The summed E-state index contributed by atoms with van der Waals surface area (Å²) in [4.78, 5) is 28.0. The van der Waals surface area contributed by atoms with Gasteiger partial charge in [0.25, 0.3) is 0 Å². The van der Waals surface area contributed by atoms with Crippen LogP contribution in [0.4, 0.5) is 9.39 Å². The Bertz CT molecular complexity index is 1430. The number of para-hydroxylation sites is 1. The van der Waals surface area contributed by atoms with Crippen molar-refractivity contribution in [3.05, 3.63) is 82.1 Å². The number of fused-ring (bicyclic) bond motifs is 2. The van der Waals surface area contributed by atoms with Gasteiger partial charge in [-0.15, -0.1) is 23.1 Å². The maximum absolute atomic E-state index is 13.3. The van der Waals surface area contributed by atoms with E-state index in [9.17, 15) is 14.0 Å². The number of carbonyl (C=O) groups is 2. The number of thioether (sulfide) groups is 1. The minimum atomic E-state index is -0.353. The smallest absolute Gasteiger partial charge is 0.341 e. The Balaban J connectivity index is 1.33. The van der Waals surface area contributed by atoms with E-state index in [1.54, 1.807) is 19.1 Å². The summed E-state index contributed by atoms with van der Waals surface area (Å²) in [6.45, 7) is 2.70. The molecule has 4 aromatic rings. The Morgan fingerprint density at radius 3 is 2.68 bits per heavy atom. The molecule has 1 aliphatic rings. The van der Waals surface area contributed by atoms with Gasteiger partial charge >= 0.3 is 5.97 Å². The number of aromatic nitrogens is 1. The van der Waals surface area contributed by atoms with E-state index < -0.39 is 0 Å². The molecule has 0 saturated carbocycles. The summed E-state index contributed by atoms with van der Waals surface area (Å²) < 4.78 is 20.8. The number of ether oxygens (including phenoxy) is 1. The first-order valence-corrected chi connectivity index (χ1v) is 14.4. The Hall–Kier alpha value is -3.10. The Morgan fingerprint density at radius 1 is 1.08 bits per heavy atom. The first-order valence-electron chi connectivity index (χ1n) is 12.6. The van der Waals surface area contributed by atoms with Crippen molar-refractivity contribution in [3.8, 4) is 0 Å². The predicted molar refractivity (Wildman–Crippen MR) is 148 cm³/mol. The molecule has 0 fully saturated rings. The highest BCUT2D eigenvalue weighted by molar-refractivity contribution is 8.00. The molecule has 192 valence electrons. The van der Waals surface area contributed by atoms with Gasteiger partial charge in [-0.05, 0) is 61.9 Å². The molecule has 0 atom stereocenters. The number of rotatable bonds is 8. The summed E-state index contributed by atoms with van der Waals surface area (Å²) in [5, 5.41) is 4.69. The fourth-order valence-electron chi connectivity index (χ4n) is 4.80. The molecule has 1 amide bonds. The molecule has 2 aromatic heterocycles. The number of thiophene rings is 1. The van der Waals surface area contributed by atoms with Gasteiger partial charge in [0.2, 0.25) is 5.91 Å². The fraction of sp³-hybridized carbons (Fsp3) is 0.310. The largest absolute Gasteiger partial charge is 0.462 e. The normalized spacial score (nSPS) is 13.2. The van der Waals surface area contributed by atoms with Crippen LogP contribution >= 0.6 is 23.1 Å². The maximum atomic E-state index is 13.3. The number of aryl methyl sites for hydroxylation is 1. The van der Waals surface area contributed by atoms with Crippen LogP contribution in [-0.2, 0) is 28.9 Å². The molecule has 5 rings (SSSR count). The van der Waals surface area contributed by atoms with Crippen LogP contribution in [0.25, 0.3) is 10.9 Å². The molecular weight excluding hydrogens is 507 g/mol. The van der Waals surface area contributed by atoms with Crippen molar-refractivity contribution < 1.29 is 18.7 Å². The minimum Gasteiger partial charge on any atom is -0.462 e. The van der Waals surface area contributed by atoms with Gasteiger partial charge in [-0.25, -0.2) is 9.18 Å². The standard InChI is InChI=1S/C29H29FN2O3S2/c1-2-35-29(34)27-22-9-4-3-5-11-24(22)37-28(27)31-26(33)18-36-25-17-32(23-10-7-6-8-21(23)25)16-19-12-14-20(30)15-13-19/h6-8,10,12-15,17H,2-5,9,11,16,18H2,1H3,(H,31,33). The van der Waals surface area contributed by atoms with Gasteiger partial charge in [0.1, 0.15) is 10.8 Å². The highest BCUT2D eigenvalue weighted by atomic mass is 32.2. The predicted octanol–water partition coefficient (Wildman–Crippen LogP) is 7.07. The first-order chi connectivity index (χ1) is 18.0. The van der Waals surface area contributed by atoms with Crippen LogP contribution in [0.1, 0.15) is 52.5 Å². The van der Waals surface area contributed by atoms with Crippen molar-refractivity contribution in [2.45, 2.75) is 50.5 Å². The Kier molecular flexibility index (Phi) is 7.96. The van der Waals surface area contributed by atoms with Gasteiger partial charge in [-0.1, -0.05) is 36.8 Å². The Labute approximate surface area is 224 Å². The number of hydrogen-bond donors (Lipinski definition) is 1. The van der Waals surface area contributed by atoms with Crippen LogP contribution in [0.3, 0.4) is 0 Å². The monoisotopic (exact) mass is 536 g/mol. The SMILES string of the molecule is CCOC(=O)c1c(NC(=O)CSc2cn(Cc3ccc(F)cc3)c3ccccc23)sc2c1CCCCC2. The van der Waals surface area contributed by atoms with Crippen LogP contribution in [0.2, 0.25) is 0 Å². The summed E-state index contributed by atoms with van der Waals surface area (Å²) >= 11 is 2.98. The van der Waals surface area contributed by atoms with E-state index in [0.717, 1.165) is 59.0 Å². The molecule has 2 aromatic carbocycles. The maximum Gasteiger partial charge on any atom is 0.341 e. The molecule has 2 heterocycles. The highest BCUT2D eigenvalue weighted by Gasteiger charge is 2.26. The first kappa shape index (κ1) is 25.5. The van der Waals surface area contributed by atoms with Gasteiger partial charge in [0, 0.05) is 33.4 Å². The molecule has 0 aliphatic heterocycles. The van der Waals surface area contributed by atoms with Crippen LogP contribution < -0.4 is 5.32 Å². The lowest BCUT2D eigenvalue weighted by Gasteiger charge is -2.08. The summed E-state index contributed by atoms with van der Waals surface area (Å²) in [6.07, 6.45) is 7.12. The summed E-state index contributed by atoms with van der Waals surface area (Å²) in [7, 11) is 0. The number of benzene rings is 2. The van der Waals surface area contributed by atoms with E-state index in [-0.39, 0.29) is 23.4 Å². The number of halogens is 1. The van der Waals surface area contributed by atoms with Gasteiger partial charge in [-0.2, -0.15) is 0 Å². The number of nitrogens with one attached hydrogen (secondary N) is 1. The van der Waals surface area contributed by atoms with E-state index in [1.165, 1.54) is 40.1 Å². The molecular formula is C29H29FN2O3S2. The van der Waals surface area contributed by atoms with Crippen molar-refractivity contribution in [1.29, 1.82) is 0 Å². The minimum absolute atomic E-state index is 0.151. The number of anilines is 1. The average molecular weight is 537 g/mol. The summed E-state index contributed by atoms with van der Waals surface area (Å²) in [5.41, 5.74) is 3.65. The number of amides is 1. The molecule has 0 bridgehead atoms. The van der Waals surface area contributed by atoms with Crippen LogP contribution in [0.15, 0.2) is 59.6 Å². The second-order valence-corrected chi connectivity index (χ2v) is 11.2. The molecule has 0 radical (unpaired) electrons. The highest BCUT2D eigenvalue weighted by Crippen LogP contribution is 2.38. The van der Waals surface area contributed by atoms with Crippen LogP contribution in [0.5, 0.6) is 0 Å². The molecule has 5 nitrogen and oxygen atoms in total. The lowest BCUT2D eigenvalue weighted by atomic mass is 10.1. The van der Waals surface area contributed by atoms with E-state index >= 15 is 0 Å². The molecule has 1 N–H and O–H groups in total. The third-order valence-corrected chi connectivity index (χ3v) is 8.78. The van der Waals surface area contributed by atoms with Crippen molar-refractivity contribution in [2.24, 2.45) is 0 Å². The number of hydrogen-bond acceptors (Lipinski definition) is 5. The van der Waals surface area contributed by atoms with Crippen LogP contribution in [-0.4, -0.2) is 28.8 Å². The van der Waals surface area contributed by atoms with Crippen molar-refractivity contribution >= 4 is 50.9 Å². The molecule has 0 saturated heterocycles. The van der Waals surface area contributed by atoms with Gasteiger partial charge in [0.15, 0.2) is 0 Å². The quantitative estimate of drug-likeness (QED) is 0.149. The van der Waals surface area contributed by atoms with Crippen molar-refractivity contribution in [1.82, 2.24) is 4.57 Å². The summed E-state index contributed by atoms with van der Waals surface area (Å²) in [6, 6.07) is 14.6. The molecule has 1 aliphatic carbocycles. The molecule has 37 heavy (non-hydrogen) atoms. The number of esters is 1. The van der Waals surface area contributed by atoms with Crippen molar-refractivity contribution in [2.75, 3.05) is 17.7 Å². The van der Waals surface area contributed by atoms with Gasteiger partial charge < -0.3 is 14.6 Å². The number of carbonyl (C=O) groups excluding carboxylic acids is 2. The average Bonchev–Trinajstić information content (AvgIpc) is 3.32. The van der Waals surface area contributed by atoms with E-state index in [2.05, 4.69) is 9.88 Å². The summed E-state index contributed by atoms with van der Waals surface area (Å²) in [5.74, 6) is -0.539. The number of nitrogens with zero attached hydrogens (tertiary/aromatic N) is 1. The van der Waals surface area contributed by atoms with E-state index in [4.69, 9.17) is 4.74 Å². The van der Waals surface area contributed by atoms with E-state index in [1.807, 2.05) is 30.5 Å². The molecule has 8 heteroatoms. The Morgan fingerprint density at radius 2 is 1.86 bits per heavy atom. The van der Waals surface area contributed by atoms with Gasteiger partial charge in [-0.3, -0.25) is 4.79 Å². The molecule has 0 unspecified atom stereocenters. The second-order valence-electron chi connectivity index (χ2n) is 9.09. The van der Waals surface area contributed by atoms with Gasteiger partial charge in [0.05, 0.1) is 17.9 Å². The fourth-order valence-corrected chi connectivity index (χ4v) is 6.98. The second kappa shape index (κ2) is 11.5. The zero-order chi connectivity index (χ0) is 25.8. The lowest BCUT2D eigenvalue weighted by Crippen LogP contribution is -2.16. The topological polar surface area (TPSA) is 60.3 Å². The van der Waals surface area contributed by atoms with Crippen molar-refractivity contribution in [3.63, 3.8) is 0 Å². The third kappa shape index (κ3) is 5.75. The van der Waals surface area contributed by atoms with E-state index in [0.29, 0.717) is 23.7 Å². The zero-order valence-corrected chi connectivity index (χ0v) is 22.4. The zero-order valence-electron chi connectivity index (χ0n) is 20.7. The third-order valence-electron chi connectivity index (χ3n) is 6.53. The molecule has 0 spiro atoms. The van der Waals surface area contributed by atoms with Crippen LogP contribution in [0, 0.1) is 5.82 Å².